The second kappa shape index (κ2) is 5.63. The van der Waals surface area contributed by atoms with Crippen molar-refractivity contribution in [3.05, 3.63) is 38.9 Å². The molecule has 0 aliphatic heterocycles. The SMILES string of the molecule is O=c1oc2ccc([N+](=O)[O-])cc2n1CCOCCO. The number of hydrogen-bond acceptors (Lipinski definition) is 6. The van der Waals surface area contributed by atoms with Crippen LogP contribution in [-0.4, -0.2) is 34.4 Å². The lowest BCUT2D eigenvalue weighted by molar-refractivity contribution is -0.384. The predicted molar refractivity (Wildman–Crippen MR) is 65.0 cm³/mol. The molecule has 0 atom stereocenters. The summed E-state index contributed by atoms with van der Waals surface area (Å²) in [5.41, 5.74) is 0.530. The molecule has 8 nitrogen and oxygen atoms in total. The lowest BCUT2D eigenvalue weighted by atomic mass is 10.3. The highest BCUT2D eigenvalue weighted by atomic mass is 16.6. The fraction of sp³-hybridized carbons (Fsp3) is 0.364. The molecule has 0 radical (unpaired) electrons. The summed E-state index contributed by atoms with van der Waals surface area (Å²) in [5.74, 6) is -0.594. The van der Waals surface area contributed by atoms with E-state index in [4.69, 9.17) is 14.3 Å². The van der Waals surface area contributed by atoms with Crippen LogP contribution in [0.25, 0.3) is 11.1 Å². The van der Waals surface area contributed by atoms with Crippen LogP contribution in [0.15, 0.2) is 27.4 Å². The molecule has 0 aliphatic carbocycles. The van der Waals surface area contributed by atoms with Crippen molar-refractivity contribution in [2.75, 3.05) is 19.8 Å². The first-order valence-corrected chi connectivity index (χ1v) is 5.60. The number of ether oxygens (including phenoxy) is 1. The number of aliphatic hydroxyl groups excluding tert-OH is 1. The van der Waals surface area contributed by atoms with Crippen LogP contribution in [-0.2, 0) is 11.3 Å². The molecular formula is C11H12N2O6. The van der Waals surface area contributed by atoms with Crippen molar-refractivity contribution in [2.45, 2.75) is 6.54 Å². The Kier molecular flexibility index (Phi) is 3.93. The Balaban J connectivity index is 2.30. The highest BCUT2D eigenvalue weighted by Gasteiger charge is 2.13. The molecule has 0 saturated heterocycles. The molecule has 0 spiro atoms. The van der Waals surface area contributed by atoms with Gasteiger partial charge in [0, 0.05) is 12.1 Å². The highest BCUT2D eigenvalue weighted by Crippen LogP contribution is 2.19. The van der Waals surface area contributed by atoms with Crippen LogP contribution in [0.2, 0.25) is 0 Å². The molecule has 0 bridgehead atoms. The van der Waals surface area contributed by atoms with Gasteiger partial charge >= 0.3 is 5.76 Å². The minimum Gasteiger partial charge on any atom is -0.408 e. The zero-order chi connectivity index (χ0) is 13.8. The molecule has 102 valence electrons. The predicted octanol–water partition coefficient (Wildman–Crippen LogP) is 0.512. The molecule has 0 unspecified atom stereocenters. The average Bonchev–Trinajstić information content (AvgIpc) is 2.70. The van der Waals surface area contributed by atoms with Crippen LogP contribution in [0.4, 0.5) is 5.69 Å². The highest BCUT2D eigenvalue weighted by molar-refractivity contribution is 5.75. The van der Waals surface area contributed by atoms with Gasteiger partial charge in [0.15, 0.2) is 5.58 Å². The van der Waals surface area contributed by atoms with E-state index in [1.165, 1.54) is 22.8 Å². The largest absolute Gasteiger partial charge is 0.420 e. The Morgan fingerprint density at radius 1 is 1.42 bits per heavy atom. The first kappa shape index (κ1) is 13.2. The van der Waals surface area contributed by atoms with Gasteiger partial charge in [-0.15, -0.1) is 0 Å². The molecular weight excluding hydrogens is 256 g/mol. The smallest absolute Gasteiger partial charge is 0.408 e. The zero-order valence-electron chi connectivity index (χ0n) is 9.94. The van der Waals surface area contributed by atoms with E-state index in [1.54, 1.807) is 0 Å². The standard InChI is InChI=1S/C11H12N2O6/c14-4-6-18-5-3-12-9-7-8(13(16)17)1-2-10(9)19-11(12)15/h1-2,7,14H,3-6H2. The summed E-state index contributed by atoms with van der Waals surface area (Å²) >= 11 is 0. The van der Waals surface area contributed by atoms with Crippen LogP contribution in [0, 0.1) is 10.1 Å². The fourth-order valence-corrected chi connectivity index (χ4v) is 1.70. The second-order valence-electron chi connectivity index (χ2n) is 3.76. The van der Waals surface area contributed by atoms with Crippen molar-refractivity contribution < 1.29 is 19.2 Å². The number of nitrogens with zero attached hydrogens (tertiary/aromatic N) is 2. The van der Waals surface area contributed by atoms with Crippen LogP contribution < -0.4 is 5.76 Å². The van der Waals surface area contributed by atoms with Gasteiger partial charge in [0.05, 0.1) is 36.8 Å². The van der Waals surface area contributed by atoms with Gasteiger partial charge in [0.25, 0.3) is 5.69 Å². The van der Waals surface area contributed by atoms with Crippen molar-refractivity contribution in [1.82, 2.24) is 4.57 Å². The van der Waals surface area contributed by atoms with Crippen molar-refractivity contribution in [2.24, 2.45) is 0 Å². The third kappa shape index (κ3) is 2.80. The van der Waals surface area contributed by atoms with E-state index in [0.717, 1.165) is 0 Å². The number of oxazole rings is 1. The minimum absolute atomic E-state index is 0.105. The van der Waals surface area contributed by atoms with E-state index >= 15 is 0 Å². The minimum atomic E-state index is -0.594. The van der Waals surface area contributed by atoms with Gasteiger partial charge in [-0.1, -0.05) is 0 Å². The van der Waals surface area contributed by atoms with Gasteiger partial charge in [-0.05, 0) is 6.07 Å². The second-order valence-corrected chi connectivity index (χ2v) is 3.76. The van der Waals surface area contributed by atoms with E-state index in [2.05, 4.69) is 0 Å². The molecule has 0 fully saturated rings. The molecule has 19 heavy (non-hydrogen) atoms. The normalized spacial score (nSPS) is 11.0. The summed E-state index contributed by atoms with van der Waals surface area (Å²) in [6.07, 6.45) is 0. The summed E-state index contributed by atoms with van der Waals surface area (Å²) in [5, 5.41) is 19.3. The molecule has 0 amide bonds. The Hall–Kier alpha value is -2.19. The number of aliphatic hydroxyl groups is 1. The lowest BCUT2D eigenvalue weighted by Gasteiger charge is -2.02. The van der Waals surface area contributed by atoms with E-state index in [1.807, 2.05) is 0 Å². The molecule has 8 heteroatoms. The number of benzene rings is 1. The van der Waals surface area contributed by atoms with Gasteiger partial charge in [0.1, 0.15) is 0 Å². The summed E-state index contributed by atoms with van der Waals surface area (Å²) in [4.78, 5) is 21.8. The van der Waals surface area contributed by atoms with Crippen molar-refractivity contribution in [3.8, 4) is 0 Å². The van der Waals surface area contributed by atoms with Crippen molar-refractivity contribution in [3.63, 3.8) is 0 Å². The summed E-state index contributed by atoms with van der Waals surface area (Å²) in [7, 11) is 0. The Labute approximate surface area is 107 Å². The third-order valence-corrected chi connectivity index (χ3v) is 2.56. The number of rotatable bonds is 6. The third-order valence-electron chi connectivity index (χ3n) is 2.56. The molecule has 2 aromatic rings. The van der Waals surface area contributed by atoms with Crippen molar-refractivity contribution in [1.29, 1.82) is 0 Å². The molecule has 0 aliphatic rings. The monoisotopic (exact) mass is 268 g/mol. The van der Waals surface area contributed by atoms with Gasteiger partial charge < -0.3 is 14.3 Å². The van der Waals surface area contributed by atoms with Crippen LogP contribution >= 0.6 is 0 Å². The maximum Gasteiger partial charge on any atom is 0.420 e. The van der Waals surface area contributed by atoms with Gasteiger partial charge in [-0.25, -0.2) is 4.79 Å². The molecule has 1 heterocycles. The van der Waals surface area contributed by atoms with Crippen LogP contribution in [0.3, 0.4) is 0 Å². The summed E-state index contributed by atoms with van der Waals surface area (Å²) < 4.78 is 11.3. The number of non-ortho nitro benzene ring substituents is 1. The Morgan fingerprint density at radius 3 is 2.89 bits per heavy atom. The van der Waals surface area contributed by atoms with Crippen LogP contribution in [0.1, 0.15) is 0 Å². The topological polar surface area (TPSA) is 108 Å². The number of aromatic nitrogens is 1. The first-order valence-electron chi connectivity index (χ1n) is 5.60. The Bertz CT molecular complexity index is 644. The number of nitro benzene ring substituents is 1. The maximum atomic E-state index is 11.6. The van der Waals surface area contributed by atoms with Gasteiger partial charge in [-0.2, -0.15) is 0 Å². The molecule has 2 rings (SSSR count). The van der Waals surface area contributed by atoms with Crippen molar-refractivity contribution >= 4 is 16.8 Å². The number of hydrogen-bond donors (Lipinski definition) is 1. The van der Waals surface area contributed by atoms with E-state index in [0.29, 0.717) is 5.52 Å². The van der Waals surface area contributed by atoms with E-state index in [-0.39, 0.29) is 37.6 Å². The molecule has 1 aromatic heterocycles. The number of nitro groups is 1. The average molecular weight is 268 g/mol. The summed E-state index contributed by atoms with van der Waals surface area (Å²) in [6.45, 7) is 0.474. The lowest BCUT2D eigenvalue weighted by Crippen LogP contribution is -2.18. The van der Waals surface area contributed by atoms with Gasteiger partial charge in [-0.3, -0.25) is 14.7 Å². The zero-order valence-corrected chi connectivity index (χ0v) is 9.94. The van der Waals surface area contributed by atoms with E-state index in [9.17, 15) is 14.9 Å². The first-order chi connectivity index (χ1) is 9.13. The molecule has 1 N–H and O–H groups in total. The quantitative estimate of drug-likeness (QED) is 0.464. The van der Waals surface area contributed by atoms with Crippen LogP contribution in [0.5, 0.6) is 0 Å². The molecule has 0 saturated carbocycles. The van der Waals surface area contributed by atoms with E-state index < -0.39 is 10.7 Å². The summed E-state index contributed by atoms with van der Waals surface area (Å²) in [6, 6.07) is 3.95. The molecule has 1 aromatic carbocycles. The number of fused-ring (bicyclic) bond motifs is 1. The fourth-order valence-electron chi connectivity index (χ4n) is 1.70. The maximum absolute atomic E-state index is 11.6. The Morgan fingerprint density at radius 2 is 2.21 bits per heavy atom. The van der Waals surface area contributed by atoms with Gasteiger partial charge in [0.2, 0.25) is 0 Å².